The van der Waals surface area contributed by atoms with E-state index in [0.29, 0.717) is 11.5 Å². The summed E-state index contributed by atoms with van der Waals surface area (Å²) in [7, 11) is 1.50. The first-order chi connectivity index (χ1) is 9.15. The molecular formula is C13H16N4O2. The van der Waals surface area contributed by atoms with E-state index in [4.69, 9.17) is 15.2 Å². The van der Waals surface area contributed by atoms with Gasteiger partial charge in [-0.1, -0.05) is 6.92 Å². The minimum Gasteiger partial charge on any atom is -0.489 e. The van der Waals surface area contributed by atoms with Gasteiger partial charge in [-0.05, 0) is 25.5 Å². The SMILES string of the molecule is CCc1nc(C)ccc1Oc1ncnc(N)c1OC. The zero-order chi connectivity index (χ0) is 13.8. The Labute approximate surface area is 111 Å². The van der Waals surface area contributed by atoms with Crippen LogP contribution in [0.4, 0.5) is 5.82 Å². The second kappa shape index (κ2) is 5.51. The van der Waals surface area contributed by atoms with E-state index < -0.39 is 0 Å². The van der Waals surface area contributed by atoms with Crippen LogP contribution >= 0.6 is 0 Å². The van der Waals surface area contributed by atoms with Crippen molar-refractivity contribution in [2.45, 2.75) is 20.3 Å². The first-order valence-electron chi connectivity index (χ1n) is 5.94. The second-order valence-corrected chi connectivity index (χ2v) is 3.95. The molecule has 2 rings (SSSR count). The van der Waals surface area contributed by atoms with Gasteiger partial charge in [-0.15, -0.1) is 0 Å². The molecule has 6 nitrogen and oxygen atoms in total. The first-order valence-corrected chi connectivity index (χ1v) is 5.94. The van der Waals surface area contributed by atoms with Crippen LogP contribution in [0.25, 0.3) is 0 Å². The Morgan fingerprint density at radius 1 is 1.26 bits per heavy atom. The Morgan fingerprint density at radius 3 is 2.74 bits per heavy atom. The van der Waals surface area contributed by atoms with Crippen LogP contribution in [0, 0.1) is 6.92 Å². The van der Waals surface area contributed by atoms with Gasteiger partial charge in [-0.3, -0.25) is 4.98 Å². The van der Waals surface area contributed by atoms with Crippen LogP contribution in [-0.2, 0) is 6.42 Å². The summed E-state index contributed by atoms with van der Waals surface area (Å²) in [4.78, 5) is 12.3. The largest absolute Gasteiger partial charge is 0.489 e. The molecule has 2 aromatic heterocycles. The smallest absolute Gasteiger partial charge is 0.268 e. The average Bonchev–Trinajstić information content (AvgIpc) is 2.41. The van der Waals surface area contributed by atoms with E-state index in [2.05, 4.69) is 15.0 Å². The predicted molar refractivity (Wildman–Crippen MR) is 71.4 cm³/mol. The Hall–Kier alpha value is -2.37. The Balaban J connectivity index is 2.39. The van der Waals surface area contributed by atoms with Crippen molar-refractivity contribution in [2.24, 2.45) is 0 Å². The minimum atomic E-state index is 0.241. The number of ether oxygens (including phenoxy) is 2. The molecule has 0 atom stereocenters. The highest BCUT2D eigenvalue weighted by atomic mass is 16.5. The summed E-state index contributed by atoms with van der Waals surface area (Å²) in [6.07, 6.45) is 2.10. The number of hydrogen-bond donors (Lipinski definition) is 1. The maximum absolute atomic E-state index is 5.74. The number of aryl methyl sites for hydroxylation is 2. The number of anilines is 1. The number of pyridine rings is 1. The third-order valence-electron chi connectivity index (χ3n) is 2.62. The van der Waals surface area contributed by atoms with Crippen LogP contribution in [0.15, 0.2) is 18.5 Å². The summed E-state index contributed by atoms with van der Waals surface area (Å²) in [5, 5.41) is 0. The average molecular weight is 260 g/mol. The molecule has 19 heavy (non-hydrogen) atoms. The van der Waals surface area contributed by atoms with Gasteiger partial charge in [0.15, 0.2) is 11.6 Å². The van der Waals surface area contributed by atoms with Crippen molar-refractivity contribution >= 4 is 5.82 Å². The van der Waals surface area contributed by atoms with Crippen molar-refractivity contribution in [2.75, 3.05) is 12.8 Å². The molecule has 0 fully saturated rings. The lowest BCUT2D eigenvalue weighted by atomic mass is 10.2. The lowest BCUT2D eigenvalue weighted by molar-refractivity contribution is 0.367. The Morgan fingerprint density at radius 2 is 2.05 bits per heavy atom. The molecule has 0 aliphatic carbocycles. The number of rotatable bonds is 4. The van der Waals surface area contributed by atoms with Gasteiger partial charge in [0.1, 0.15) is 6.33 Å². The molecule has 0 radical (unpaired) electrons. The number of hydrogen-bond acceptors (Lipinski definition) is 6. The Kier molecular flexibility index (Phi) is 3.79. The van der Waals surface area contributed by atoms with Crippen LogP contribution in [0.2, 0.25) is 0 Å². The number of nitrogens with two attached hydrogens (primary N) is 1. The maximum Gasteiger partial charge on any atom is 0.268 e. The van der Waals surface area contributed by atoms with E-state index in [-0.39, 0.29) is 11.7 Å². The fourth-order valence-electron chi connectivity index (χ4n) is 1.68. The zero-order valence-corrected chi connectivity index (χ0v) is 11.2. The van der Waals surface area contributed by atoms with E-state index in [9.17, 15) is 0 Å². The summed E-state index contributed by atoms with van der Waals surface area (Å²) in [6, 6.07) is 3.74. The van der Waals surface area contributed by atoms with Crippen molar-refractivity contribution in [3.63, 3.8) is 0 Å². The highest BCUT2D eigenvalue weighted by molar-refractivity contribution is 5.52. The van der Waals surface area contributed by atoms with Gasteiger partial charge in [-0.25, -0.2) is 4.98 Å². The molecule has 0 spiro atoms. The summed E-state index contributed by atoms with van der Waals surface area (Å²) >= 11 is 0. The van der Waals surface area contributed by atoms with Crippen molar-refractivity contribution in [1.82, 2.24) is 15.0 Å². The van der Waals surface area contributed by atoms with Crippen LogP contribution in [0.5, 0.6) is 17.4 Å². The molecule has 0 aliphatic heterocycles. The van der Waals surface area contributed by atoms with Gasteiger partial charge in [0.05, 0.1) is 12.8 Å². The third-order valence-corrected chi connectivity index (χ3v) is 2.62. The lowest BCUT2D eigenvalue weighted by Crippen LogP contribution is -2.02. The van der Waals surface area contributed by atoms with Crippen LogP contribution in [-0.4, -0.2) is 22.1 Å². The summed E-state index contributed by atoms with van der Waals surface area (Å²) in [5.74, 6) is 1.50. The molecule has 0 bridgehead atoms. The first kappa shape index (κ1) is 13.1. The predicted octanol–water partition coefficient (Wildman–Crippen LogP) is 2.13. The molecule has 6 heteroatoms. The van der Waals surface area contributed by atoms with Crippen LogP contribution in [0.3, 0.4) is 0 Å². The molecule has 2 aromatic rings. The molecule has 2 N–H and O–H groups in total. The minimum absolute atomic E-state index is 0.241. The molecule has 0 unspecified atom stereocenters. The fraction of sp³-hybridized carbons (Fsp3) is 0.308. The Bertz CT molecular complexity index is 587. The molecule has 0 saturated carbocycles. The van der Waals surface area contributed by atoms with Crippen molar-refractivity contribution < 1.29 is 9.47 Å². The third kappa shape index (κ3) is 2.73. The van der Waals surface area contributed by atoms with Gasteiger partial charge in [0, 0.05) is 5.69 Å². The normalized spacial score (nSPS) is 10.3. The number of aromatic nitrogens is 3. The van der Waals surface area contributed by atoms with Gasteiger partial charge in [0.2, 0.25) is 5.75 Å². The van der Waals surface area contributed by atoms with Crippen LogP contribution in [0.1, 0.15) is 18.3 Å². The highest BCUT2D eigenvalue weighted by Gasteiger charge is 2.14. The quantitative estimate of drug-likeness (QED) is 0.906. The van der Waals surface area contributed by atoms with Gasteiger partial charge >= 0.3 is 0 Å². The number of methoxy groups -OCH3 is 1. The van der Waals surface area contributed by atoms with Crippen molar-refractivity contribution in [3.05, 3.63) is 29.8 Å². The fourth-order valence-corrected chi connectivity index (χ4v) is 1.68. The molecule has 0 aromatic carbocycles. The van der Waals surface area contributed by atoms with Gasteiger partial charge in [0.25, 0.3) is 5.88 Å². The lowest BCUT2D eigenvalue weighted by Gasteiger charge is -2.12. The summed E-state index contributed by atoms with van der Waals surface area (Å²) in [5.41, 5.74) is 7.51. The molecule has 0 amide bonds. The van der Waals surface area contributed by atoms with E-state index in [1.807, 2.05) is 26.0 Å². The van der Waals surface area contributed by atoms with E-state index in [1.54, 1.807) is 0 Å². The van der Waals surface area contributed by atoms with Gasteiger partial charge in [-0.2, -0.15) is 4.98 Å². The number of nitrogens with zero attached hydrogens (tertiary/aromatic N) is 3. The standard InChI is InChI=1S/C13H16N4O2/c1-4-9-10(6-5-8(2)17-9)19-13-11(18-3)12(14)15-7-16-13/h5-7H,4H2,1-3H3,(H2,14,15,16). The monoisotopic (exact) mass is 260 g/mol. The molecule has 0 saturated heterocycles. The van der Waals surface area contributed by atoms with Crippen molar-refractivity contribution in [3.8, 4) is 17.4 Å². The summed E-state index contributed by atoms with van der Waals surface area (Å²) < 4.78 is 10.9. The highest BCUT2D eigenvalue weighted by Crippen LogP contribution is 2.33. The second-order valence-electron chi connectivity index (χ2n) is 3.95. The van der Waals surface area contributed by atoms with Crippen molar-refractivity contribution in [1.29, 1.82) is 0 Å². The van der Waals surface area contributed by atoms with E-state index in [0.717, 1.165) is 17.8 Å². The molecular weight excluding hydrogens is 244 g/mol. The maximum atomic E-state index is 5.74. The topological polar surface area (TPSA) is 83.2 Å². The zero-order valence-electron chi connectivity index (χ0n) is 11.2. The van der Waals surface area contributed by atoms with E-state index >= 15 is 0 Å². The molecule has 2 heterocycles. The van der Waals surface area contributed by atoms with E-state index in [1.165, 1.54) is 13.4 Å². The number of nitrogen functional groups attached to an aromatic ring is 1. The molecule has 100 valence electrons. The molecule has 0 aliphatic rings. The van der Waals surface area contributed by atoms with Gasteiger partial charge < -0.3 is 15.2 Å². The van der Waals surface area contributed by atoms with Crippen LogP contribution < -0.4 is 15.2 Å². The summed E-state index contributed by atoms with van der Waals surface area (Å²) in [6.45, 7) is 3.95.